The van der Waals surface area contributed by atoms with E-state index in [0.29, 0.717) is 43.1 Å². The van der Waals surface area contributed by atoms with Crippen molar-refractivity contribution in [3.05, 3.63) is 117 Å². The maximum atomic E-state index is 14.5. The topological polar surface area (TPSA) is 86.2 Å². The number of nitrogens with zero attached hydrogens (tertiary/aromatic N) is 4. The van der Waals surface area contributed by atoms with E-state index in [9.17, 15) is 14.0 Å². The Labute approximate surface area is 228 Å². The number of hydrogen-bond donors (Lipinski definition) is 1. The number of amides is 1. The van der Waals surface area contributed by atoms with Crippen LogP contribution in [0.1, 0.15) is 59.2 Å². The fraction of sp³-hybridized carbons (Fsp3) is 0.323. The molecule has 1 aromatic heterocycles. The zero-order valence-electron chi connectivity index (χ0n) is 23.0. The Morgan fingerprint density at radius 3 is 2.33 bits per heavy atom. The quantitative estimate of drug-likeness (QED) is 0.312. The summed E-state index contributed by atoms with van der Waals surface area (Å²) in [6.07, 6.45) is 0.547. The van der Waals surface area contributed by atoms with Crippen molar-refractivity contribution in [3.8, 4) is 5.69 Å². The van der Waals surface area contributed by atoms with Gasteiger partial charge in [-0.3, -0.25) is 9.36 Å². The van der Waals surface area contributed by atoms with E-state index < -0.39 is 11.9 Å². The molecule has 1 unspecified atom stereocenters. The van der Waals surface area contributed by atoms with E-state index in [2.05, 4.69) is 0 Å². The van der Waals surface area contributed by atoms with E-state index in [1.165, 1.54) is 10.7 Å². The minimum absolute atomic E-state index is 0.107. The van der Waals surface area contributed by atoms with Crippen molar-refractivity contribution in [2.75, 3.05) is 13.1 Å². The molecule has 39 heavy (non-hydrogen) atoms. The van der Waals surface area contributed by atoms with Crippen molar-refractivity contribution in [1.82, 2.24) is 19.2 Å². The summed E-state index contributed by atoms with van der Waals surface area (Å²) in [6.45, 7) is 8.64. The summed E-state index contributed by atoms with van der Waals surface area (Å²) in [7, 11) is 0. The van der Waals surface area contributed by atoms with Crippen LogP contribution in [0, 0.1) is 25.6 Å². The van der Waals surface area contributed by atoms with E-state index in [4.69, 9.17) is 10.8 Å². The first-order valence-electron chi connectivity index (χ1n) is 13.3. The molecule has 8 heteroatoms. The van der Waals surface area contributed by atoms with Crippen molar-refractivity contribution in [1.29, 1.82) is 0 Å². The highest BCUT2D eigenvalue weighted by Gasteiger charge is 2.34. The van der Waals surface area contributed by atoms with Crippen LogP contribution < -0.4 is 11.4 Å². The summed E-state index contributed by atoms with van der Waals surface area (Å²) in [5.74, 6) is -0.405. The Bertz CT molecular complexity index is 1480. The molecule has 4 rings (SSSR count). The predicted octanol–water partition coefficient (Wildman–Crippen LogP) is 5.03. The van der Waals surface area contributed by atoms with Gasteiger partial charge in [0.15, 0.2) is 5.82 Å². The summed E-state index contributed by atoms with van der Waals surface area (Å²) in [4.78, 5) is 29.4. The molecule has 1 atom stereocenters. The molecule has 0 spiro atoms. The van der Waals surface area contributed by atoms with Gasteiger partial charge in [-0.15, -0.1) is 5.10 Å². The Morgan fingerprint density at radius 2 is 1.72 bits per heavy atom. The molecule has 0 fully saturated rings. The van der Waals surface area contributed by atoms with Crippen LogP contribution in [0.25, 0.3) is 5.69 Å². The van der Waals surface area contributed by atoms with Crippen molar-refractivity contribution in [2.45, 2.75) is 46.7 Å². The van der Waals surface area contributed by atoms with Gasteiger partial charge in [0.25, 0.3) is 5.91 Å². The van der Waals surface area contributed by atoms with Gasteiger partial charge in [0.05, 0.1) is 18.3 Å². The van der Waals surface area contributed by atoms with Crippen LogP contribution in [0.2, 0.25) is 0 Å². The van der Waals surface area contributed by atoms with Crippen LogP contribution in [0.3, 0.4) is 0 Å². The lowest BCUT2D eigenvalue weighted by molar-refractivity contribution is 0.0603. The van der Waals surface area contributed by atoms with Crippen molar-refractivity contribution in [2.24, 2.45) is 11.7 Å². The largest absolute Gasteiger partial charge is 0.351 e. The second-order valence-electron chi connectivity index (χ2n) is 10.3. The number of aryl methyl sites for hydroxylation is 2. The van der Waals surface area contributed by atoms with E-state index in [1.807, 2.05) is 75.4 Å². The van der Waals surface area contributed by atoms with Gasteiger partial charge in [0.2, 0.25) is 0 Å². The summed E-state index contributed by atoms with van der Waals surface area (Å²) in [5.41, 5.74) is 8.91. The molecule has 1 amide bonds. The van der Waals surface area contributed by atoms with Crippen LogP contribution in [-0.4, -0.2) is 38.2 Å². The first kappa shape index (κ1) is 28.0. The molecule has 1 heterocycles. The third-order valence-corrected chi connectivity index (χ3v) is 6.87. The number of aromatic nitrogens is 3. The van der Waals surface area contributed by atoms with Crippen LogP contribution in [0.15, 0.2) is 77.6 Å². The molecule has 0 saturated heterocycles. The molecule has 0 aliphatic heterocycles. The molecular weight excluding hydrogens is 493 g/mol. The molecular formula is C31H36FN5O2. The van der Waals surface area contributed by atoms with Gasteiger partial charge < -0.3 is 10.6 Å². The normalized spacial score (nSPS) is 12.1. The van der Waals surface area contributed by atoms with Gasteiger partial charge in [0.1, 0.15) is 5.82 Å². The summed E-state index contributed by atoms with van der Waals surface area (Å²) >= 11 is 0. The number of benzene rings is 3. The molecule has 0 aliphatic carbocycles. The molecule has 0 aliphatic rings. The van der Waals surface area contributed by atoms with Gasteiger partial charge in [-0.05, 0) is 68.1 Å². The third-order valence-electron chi connectivity index (χ3n) is 6.87. The number of hydrogen-bond acceptors (Lipinski definition) is 4. The lowest BCUT2D eigenvalue weighted by Crippen LogP contribution is -2.41. The molecule has 7 nitrogen and oxygen atoms in total. The van der Waals surface area contributed by atoms with E-state index >= 15 is 0 Å². The fourth-order valence-electron chi connectivity index (χ4n) is 4.72. The maximum Gasteiger partial charge on any atom is 0.351 e. The lowest BCUT2D eigenvalue weighted by Gasteiger charge is -2.34. The predicted molar refractivity (Wildman–Crippen MR) is 152 cm³/mol. The second-order valence-corrected chi connectivity index (χ2v) is 10.3. The zero-order valence-corrected chi connectivity index (χ0v) is 23.0. The summed E-state index contributed by atoms with van der Waals surface area (Å²) in [6, 6.07) is 21.2. The molecule has 3 aromatic carbocycles. The SMILES string of the molecule is Cc1ccc(-n2nc(C(C(C)C)N(CCCN)C(=O)c3ccc(C)c(F)c3)n(Cc3ccccc3)c2=O)cc1. The Balaban J connectivity index is 1.88. The first-order valence-corrected chi connectivity index (χ1v) is 13.3. The van der Waals surface area contributed by atoms with Crippen LogP contribution in [-0.2, 0) is 6.54 Å². The van der Waals surface area contributed by atoms with Gasteiger partial charge in [-0.25, -0.2) is 9.18 Å². The van der Waals surface area contributed by atoms with Crippen molar-refractivity contribution >= 4 is 5.91 Å². The number of nitrogens with two attached hydrogens (primary N) is 1. The highest BCUT2D eigenvalue weighted by atomic mass is 19.1. The molecule has 2 N–H and O–H groups in total. The lowest BCUT2D eigenvalue weighted by atomic mass is 9.99. The summed E-state index contributed by atoms with van der Waals surface area (Å²) < 4.78 is 17.5. The van der Waals surface area contributed by atoms with Crippen LogP contribution in [0.4, 0.5) is 4.39 Å². The number of carbonyl (C=O) groups excluding carboxylic acids is 1. The molecule has 0 saturated carbocycles. The monoisotopic (exact) mass is 529 g/mol. The van der Waals surface area contributed by atoms with Gasteiger partial charge in [-0.2, -0.15) is 4.68 Å². The van der Waals surface area contributed by atoms with E-state index in [0.717, 1.165) is 11.1 Å². The van der Waals surface area contributed by atoms with Gasteiger partial charge >= 0.3 is 5.69 Å². The molecule has 0 radical (unpaired) electrons. The fourth-order valence-corrected chi connectivity index (χ4v) is 4.72. The highest BCUT2D eigenvalue weighted by molar-refractivity contribution is 5.94. The second kappa shape index (κ2) is 12.2. The first-order chi connectivity index (χ1) is 18.7. The van der Waals surface area contributed by atoms with Crippen LogP contribution >= 0.6 is 0 Å². The Kier molecular flexibility index (Phi) is 8.76. The van der Waals surface area contributed by atoms with Gasteiger partial charge in [0, 0.05) is 12.1 Å². The zero-order chi connectivity index (χ0) is 28.1. The average molecular weight is 530 g/mol. The average Bonchev–Trinajstić information content (AvgIpc) is 3.23. The number of carbonyl (C=O) groups is 1. The number of rotatable bonds is 10. The Hall–Kier alpha value is -4.04. The summed E-state index contributed by atoms with van der Waals surface area (Å²) in [5, 5.41) is 4.83. The smallest absolute Gasteiger partial charge is 0.330 e. The van der Waals surface area contributed by atoms with Crippen LogP contribution in [0.5, 0.6) is 0 Å². The standard InChI is InChI=1S/C31H36FN5O2/c1-21(2)28(35(18-8-17-33)30(38)25-14-13-23(4)27(32)19-25)29-34-37(26-15-11-22(3)12-16-26)31(39)36(29)20-24-9-6-5-7-10-24/h5-7,9-16,19,21,28H,8,17-18,20,33H2,1-4H3. The van der Waals surface area contributed by atoms with Crippen molar-refractivity contribution in [3.63, 3.8) is 0 Å². The van der Waals surface area contributed by atoms with Gasteiger partial charge in [-0.1, -0.05) is 67.9 Å². The minimum atomic E-state index is -0.559. The third kappa shape index (κ3) is 6.17. The minimum Gasteiger partial charge on any atom is -0.330 e. The molecule has 204 valence electrons. The molecule has 0 bridgehead atoms. The highest BCUT2D eigenvalue weighted by Crippen LogP contribution is 2.30. The maximum absolute atomic E-state index is 14.5. The molecule has 4 aromatic rings. The van der Waals surface area contributed by atoms with Crippen molar-refractivity contribution < 1.29 is 9.18 Å². The van der Waals surface area contributed by atoms with E-state index in [1.54, 1.807) is 28.5 Å². The Morgan fingerprint density at radius 1 is 1.03 bits per heavy atom. The van der Waals surface area contributed by atoms with E-state index in [-0.39, 0.29) is 23.1 Å². The number of halogens is 1.